The number of nitrogen functional groups attached to an aromatic ring is 1. The Balaban J connectivity index is 1.46. The fourth-order valence-electron chi connectivity index (χ4n) is 4.90. The lowest BCUT2D eigenvalue weighted by atomic mass is 10.0. The molecule has 0 fully saturated rings. The predicted octanol–water partition coefficient (Wildman–Crippen LogP) is 5.24. The van der Waals surface area contributed by atoms with E-state index >= 15 is 8.78 Å². The van der Waals surface area contributed by atoms with Crippen molar-refractivity contribution in [2.45, 2.75) is 13.5 Å². The number of anilines is 4. The first kappa shape index (κ1) is 25.7. The minimum absolute atomic E-state index is 0.000482. The number of carbonyl (C=O) groups is 1. The van der Waals surface area contributed by atoms with Crippen molar-refractivity contribution in [1.82, 2.24) is 24.9 Å². The summed E-state index contributed by atoms with van der Waals surface area (Å²) >= 11 is 0. The number of hydrazine groups is 1. The zero-order valence-corrected chi connectivity index (χ0v) is 21.9. The Kier molecular flexibility index (Phi) is 6.42. The van der Waals surface area contributed by atoms with Crippen LogP contribution in [-0.2, 0) is 11.3 Å². The molecule has 41 heavy (non-hydrogen) atoms. The zero-order chi connectivity index (χ0) is 28.7. The Bertz CT molecular complexity index is 1840. The molecule has 0 bridgehead atoms. The van der Waals surface area contributed by atoms with Gasteiger partial charge in [-0.2, -0.15) is 0 Å². The number of ether oxygens (including phenoxy) is 1. The third-order valence-electron chi connectivity index (χ3n) is 6.69. The molecule has 0 unspecified atom stereocenters. The van der Waals surface area contributed by atoms with Crippen LogP contribution in [0, 0.1) is 18.6 Å². The van der Waals surface area contributed by atoms with Gasteiger partial charge < -0.3 is 19.9 Å². The quantitative estimate of drug-likeness (QED) is 0.185. The van der Waals surface area contributed by atoms with Crippen LogP contribution in [0.2, 0.25) is 0 Å². The van der Waals surface area contributed by atoms with E-state index in [0.717, 1.165) is 11.8 Å². The van der Waals surface area contributed by atoms with Gasteiger partial charge in [-0.1, -0.05) is 18.7 Å². The van der Waals surface area contributed by atoms with Gasteiger partial charge in [-0.25, -0.2) is 23.7 Å². The van der Waals surface area contributed by atoms with Crippen LogP contribution < -0.4 is 26.2 Å². The topological polar surface area (TPSA) is 123 Å². The number of aryl methyl sites for hydroxylation is 1. The minimum atomic E-state index is -0.616. The minimum Gasteiger partial charge on any atom is -0.436 e. The van der Waals surface area contributed by atoms with Gasteiger partial charge in [0, 0.05) is 30.4 Å². The van der Waals surface area contributed by atoms with Crippen molar-refractivity contribution < 1.29 is 18.3 Å². The highest BCUT2D eigenvalue weighted by atomic mass is 19.1. The van der Waals surface area contributed by atoms with E-state index in [1.807, 2.05) is 17.6 Å². The Labute approximate surface area is 233 Å². The number of carbonyl (C=O) groups excluding carboxylic acids is 1. The number of hydrogen-bond acceptors (Lipinski definition) is 8. The van der Waals surface area contributed by atoms with E-state index in [2.05, 4.69) is 32.4 Å². The van der Waals surface area contributed by atoms with E-state index in [9.17, 15) is 4.79 Å². The SMILES string of the molecule is C=CC(=O)NNc1ccc(F)c(N2CCn3c2c(-c2ccc(Oc4cccc(C)n4)c(F)c2)c2c(N)ncnc23)c1. The first-order chi connectivity index (χ1) is 19.8. The number of hydrogen-bond donors (Lipinski definition) is 3. The van der Waals surface area contributed by atoms with Crippen LogP contribution >= 0.6 is 0 Å². The maximum atomic E-state index is 15.5. The highest BCUT2D eigenvalue weighted by Crippen LogP contribution is 2.47. The number of amides is 1. The standard InChI is InChI=1S/C29H24F2N8O2/c1-3-23(40)37-36-18-8-9-19(30)21(14-18)38-11-12-39-28-26(27(32)33-15-34-28)25(29(38)39)17-7-10-22(20(31)13-17)41-24-6-4-5-16(2)35-24/h3-10,13-15,36H,1,11-12H2,2H3,(H,37,40)(H2,32,33,34). The zero-order valence-electron chi connectivity index (χ0n) is 21.9. The van der Waals surface area contributed by atoms with Crippen molar-refractivity contribution >= 4 is 40.0 Å². The summed E-state index contributed by atoms with van der Waals surface area (Å²) in [6.45, 7) is 6.10. The van der Waals surface area contributed by atoms with Gasteiger partial charge in [0.25, 0.3) is 5.91 Å². The van der Waals surface area contributed by atoms with Gasteiger partial charge in [-0.05, 0) is 55.0 Å². The Morgan fingerprint density at radius 2 is 1.95 bits per heavy atom. The van der Waals surface area contributed by atoms with Gasteiger partial charge in [0.05, 0.1) is 16.8 Å². The molecule has 0 saturated carbocycles. The number of rotatable bonds is 7. The van der Waals surface area contributed by atoms with E-state index < -0.39 is 17.5 Å². The number of aromatic nitrogens is 4. The maximum absolute atomic E-state index is 15.5. The summed E-state index contributed by atoms with van der Waals surface area (Å²) in [6.07, 6.45) is 2.47. The molecule has 4 N–H and O–H groups in total. The molecule has 0 atom stereocenters. The molecule has 3 aromatic heterocycles. The summed E-state index contributed by atoms with van der Waals surface area (Å²) in [4.78, 5) is 26.3. The summed E-state index contributed by atoms with van der Waals surface area (Å²) < 4.78 is 38.3. The number of nitrogens with zero attached hydrogens (tertiary/aromatic N) is 5. The van der Waals surface area contributed by atoms with Crippen LogP contribution in [0.4, 0.5) is 31.8 Å². The monoisotopic (exact) mass is 554 g/mol. The smallest absolute Gasteiger partial charge is 0.261 e. The molecule has 1 aliphatic heterocycles. The molecule has 206 valence electrons. The third-order valence-corrected chi connectivity index (χ3v) is 6.69. The van der Waals surface area contributed by atoms with Crippen molar-refractivity contribution in [1.29, 1.82) is 0 Å². The molecule has 0 aliphatic carbocycles. The first-order valence-corrected chi connectivity index (χ1v) is 12.6. The summed E-state index contributed by atoms with van der Waals surface area (Å²) in [7, 11) is 0. The molecule has 0 saturated heterocycles. The average Bonchev–Trinajstić information content (AvgIpc) is 3.53. The Hall–Kier alpha value is -5.52. The number of halogens is 2. The Morgan fingerprint density at radius 1 is 1.10 bits per heavy atom. The molecule has 1 aliphatic rings. The summed E-state index contributed by atoms with van der Waals surface area (Å²) in [5.41, 5.74) is 14.5. The number of nitrogens with one attached hydrogen (secondary N) is 2. The van der Waals surface area contributed by atoms with Crippen LogP contribution in [0.25, 0.3) is 22.2 Å². The van der Waals surface area contributed by atoms with Crippen LogP contribution in [0.1, 0.15) is 5.69 Å². The number of fused-ring (bicyclic) bond motifs is 3. The summed E-state index contributed by atoms with van der Waals surface area (Å²) in [6, 6.07) is 14.1. The van der Waals surface area contributed by atoms with Gasteiger partial charge in [0.1, 0.15) is 29.4 Å². The lowest BCUT2D eigenvalue weighted by Crippen LogP contribution is -2.27. The molecule has 4 heterocycles. The fourth-order valence-corrected chi connectivity index (χ4v) is 4.90. The third kappa shape index (κ3) is 4.65. The molecule has 12 heteroatoms. The molecule has 6 rings (SSSR count). The van der Waals surface area contributed by atoms with Crippen molar-refractivity contribution in [2.24, 2.45) is 0 Å². The molecule has 2 aromatic carbocycles. The van der Waals surface area contributed by atoms with Crippen LogP contribution in [0.15, 0.2) is 73.6 Å². The predicted molar refractivity (Wildman–Crippen MR) is 152 cm³/mol. The van der Waals surface area contributed by atoms with Gasteiger partial charge in [0.2, 0.25) is 5.88 Å². The second-order valence-electron chi connectivity index (χ2n) is 9.31. The highest BCUT2D eigenvalue weighted by Gasteiger charge is 2.32. The molecule has 5 aromatic rings. The second-order valence-corrected chi connectivity index (χ2v) is 9.31. The largest absolute Gasteiger partial charge is 0.436 e. The fraction of sp³-hybridized carbons (Fsp3) is 0.103. The van der Waals surface area contributed by atoms with Crippen molar-refractivity contribution in [3.8, 4) is 22.8 Å². The van der Waals surface area contributed by atoms with Crippen molar-refractivity contribution in [3.63, 3.8) is 0 Å². The molecular weight excluding hydrogens is 530 g/mol. The maximum Gasteiger partial charge on any atom is 0.261 e. The van der Waals surface area contributed by atoms with Crippen molar-refractivity contribution in [3.05, 3.63) is 90.9 Å². The molecule has 0 radical (unpaired) electrons. The molecule has 0 spiro atoms. The number of nitrogens with two attached hydrogens (primary N) is 1. The molecule has 10 nitrogen and oxygen atoms in total. The van der Waals surface area contributed by atoms with Crippen LogP contribution in [-0.4, -0.2) is 32.0 Å². The molecular formula is C29H24F2N8O2. The van der Waals surface area contributed by atoms with Gasteiger partial charge in [-0.3, -0.25) is 15.6 Å². The van der Waals surface area contributed by atoms with Gasteiger partial charge >= 0.3 is 0 Å². The summed E-state index contributed by atoms with van der Waals surface area (Å²) in [5, 5.41) is 0.522. The first-order valence-electron chi connectivity index (χ1n) is 12.6. The average molecular weight is 555 g/mol. The van der Waals surface area contributed by atoms with Gasteiger partial charge in [0.15, 0.2) is 11.6 Å². The second kappa shape index (κ2) is 10.2. The van der Waals surface area contributed by atoms with Crippen molar-refractivity contribution in [2.75, 3.05) is 22.6 Å². The van der Waals surface area contributed by atoms with E-state index in [1.54, 1.807) is 29.2 Å². The molecule has 1 amide bonds. The van der Waals surface area contributed by atoms with E-state index in [4.69, 9.17) is 10.5 Å². The van der Waals surface area contributed by atoms with Crippen LogP contribution in [0.5, 0.6) is 11.6 Å². The number of benzene rings is 2. The van der Waals surface area contributed by atoms with E-state index in [1.165, 1.54) is 30.6 Å². The number of pyridine rings is 1. The lowest BCUT2D eigenvalue weighted by Gasteiger charge is -2.22. The van der Waals surface area contributed by atoms with Gasteiger partial charge in [-0.15, -0.1) is 0 Å². The van der Waals surface area contributed by atoms with E-state index in [0.29, 0.717) is 46.8 Å². The lowest BCUT2D eigenvalue weighted by molar-refractivity contribution is -0.116. The summed E-state index contributed by atoms with van der Waals surface area (Å²) in [5.74, 6) is -0.500. The van der Waals surface area contributed by atoms with Crippen LogP contribution in [0.3, 0.4) is 0 Å². The Morgan fingerprint density at radius 3 is 2.73 bits per heavy atom. The normalized spacial score (nSPS) is 12.3. The highest BCUT2D eigenvalue weighted by molar-refractivity contribution is 6.08. The van der Waals surface area contributed by atoms with E-state index in [-0.39, 0.29) is 23.1 Å².